The minimum absolute atomic E-state index is 0.155. The van der Waals surface area contributed by atoms with Gasteiger partial charge in [-0.2, -0.15) is 13.2 Å². The van der Waals surface area contributed by atoms with Gasteiger partial charge in [-0.1, -0.05) is 0 Å². The first kappa shape index (κ1) is 15.6. The van der Waals surface area contributed by atoms with Crippen molar-refractivity contribution >= 4 is 32.7 Å². The fourth-order valence-electron chi connectivity index (χ4n) is 1.48. The standard InChI is InChI=1S/C11H8F4N2O2S2/c12-9-2-1-7(4-8(9)11(13,14)15)17-21(18,19)10-3-6(16)5-20-10/h1-5,17H,16H2. The molecule has 114 valence electrons. The summed E-state index contributed by atoms with van der Waals surface area (Å²) in [6.07, 6.45) is -4.92. The van der Waals surface area contributed by atoms with Crippen LogP contribution in [0.15, 0.2) is 33.9 Å². The highest BCUT2D eigenvalue weighted by Crippen LogP contribution is 2.33. The van der Waals surface area contributed by atoms with E-state index in [1.165, 1.54) is 11.4 Å². The Labute approximate surface area is 121 Å². The Kier molecular flexibility index (Phi) is 3.85. The lowest BCUT2D eigenvalue weighted by atomic mass is 10.2. The van der Waals surface area contributed by atoms with Crippen LogP contribution >= 0.6 is 11.3 Å². The summed E-state index contributed by atoms with van der Waals surface area (Å²) < 4.78 is 76.4. The zero-order chi connectivity index (χ0) is 15.8. The molecule has 0 bridgehead atoms. The average molecular weight is 340 g/mol. The molecule has 0 unspecified atom stereocenters. The number of halogens is 4. The predicted octanol–water partition coefficient (Wildman–Crippen LogP) is 3.29. The molecule has 4 nitrogen and oxygen atoms in total. The molecule has 0 saturated heterocycles. The number of thiophene rings is 1. The number of benzene rings is 1. The third-order valence-corrected chi connectivity index (χ3v) is 5.22. The van der Waals surface area contributed by atoms with Gasteiger partial charge in [-0.15, -0.1) is 11.3 Å². The van der Waals surface area contributed by atoms with E-state index in [-0.39, 0.29) is 9.90 Å². The molecule has 0 atom stereocenters. The minimum Gasteiger partial charge on any atom is -0.398 e. The van der Waals surface area contributed by atoms with Gasteiger partial charge in [0.05, 0.1) is 5.56 Å². The molecule has 0 aliphatic rings. The van der Waals surface area contributed by atoms with Crippen molar-refractivity contribution < 1.29 is 26.0 Å². The summed E-state index contributed by atoms with van der Waals surface area (Å²) in [5.41, 5.74) is 3.67. The van der Waals surface area contributed by atoms with E-state index in [1.807, 2.05) is 4.72 Å². The van der Waals surface area contributed by atoms with E-state index in [4.69, 9.17) is 5.73 Å². The molecule has 0 aliphatic carbocycles. The van der Waals surface area contributed by atoms with Gasteiger partial charge < -0.3 is 5.73 Å². The maximum Gasteiger partial charge on any atom is 0.419 e. The Morgan fingerprint density at radius 1 is 1.19 bits per heavy atom. The van der Waals surface area contributed by atoms with Gasteiger partial charge in [0.2, 0.25) is 0 Å². The van der Waals surface area contributed by atoms with E-state index in [2.05, 4.69) is 0 Å². The highest BCUT2D eigenvalue weighted by molar-refractivity contribution is 7.94. The largest absolute Gasteiger partial charge is 0.419 e. The third kappa shape index (κ3) is 3.45. The van der Waals surface area contributed by atoms with E-state index in [9.17, 15) is 26.0 Å². The number of alkyl halides is 3. The van der Waals surface area contributed by atoms with Gasteiger partial charge in [-0.05, 0) is 24.3 Å². The summed E-state index contributed by atoms with van der Waals surface area (Å²) >= 11 is 0.817. The number of nitrogen functional groups attached to an aromatic ring is 1. The molecule has 3 N–H and O–H groups in total. The zero-order valence-electron chi connectivity index (χ0n) is 10.1. The van der Waals surface area contributed by atoms with Crippen molar-refractivity contribution in [3.05, 3.63) is 41.0 Å². The van der Waals surface area contributed by atoms with Gasteiger partial charge in [0.25, 0.3) is 10.0 Å². The van der Waals surface area contributed by atoms with Crippen LogP contribution in [-0.2, 0) is 16.2 Å². The van der Waals surface area contributed by atoms with Gasteiger partial charge >= 0.3 is 6.18 Å². The highest BCUT2D eigenvalue weighted by Gasteiger charge is 2.34. The molecule has 0 saturated carbocycles. The van der Waals surface area contributed by atoms with Crippen molar-refractivity contribution in [3.63, 3.8) is 0 Å². The molecule has 21 heavy (non-hydrogen) atoms. The normalized spacial score (nSPS) is 12.4. The van der Waals surface area contributed by atoms with Crippen LogP contribution in [0, 0.1) is 5.82 Å². The Hall–Kier alpha value is -1.81. The van der Waals surface area contributed by atoms with Gasteiger partial charge in [-0.3, -0.25) is 4.72 Å². The molecule has 0 aliphatic heterocycles. The lowest BCUT2D eigenvalue weighted by Crippen LogP contribution is -2.14. The first-order valence-electron chi connectivity index (χ1n) is 5.33. The first-order chi connectivity index (χ1) is 9.59. The van der Waals surface area contributed by atoms with Crippen molar-refractivity contribution in [1.82, 2.24) is 0 Å². The van der Waals surface area contributed by atoms with Gasteiger partial charge in [-0.25, -0.2) is 12.8 Å². The zero-order valence-corrected chi connectivity index (χ0v) is 11.7. The van der Waals surface area contributed by atoms with Crippen LogP contribution in [-0.4, -0.2) is 8.42 Å². The number of nitrogens with one attached hydrogen (secondary N) is 1. The second kappa shape index (κ2) is 5.19. The van der Waals surface area contributed by atoms with E-state index < -0.39 is 33.3 Å². The van der Waals surface area contributed by atoms with Gasteiger partial charge in [0.15, 0.2) is 0 Å². The fraction of sp³-hybridized carbons (Fsp3) is 0.0909. The Balaban J connectivity index is 2.36. The van der Waals surface area contributed by atoms with E-state index in [1.54, 1.807) is 0 Å². The molecule has 10 heteroatoms. The molecule has 1 heterocycles. The van der Waals surface area contributed by atoms with Crippen molar-refractivity contribution in [1.29, 1.82) is 0 Å². The topological polar surface area (TPSA) is 72.2 Å². The van der Waals surface area contributed by atoms with E-state index in [0.29, 0.717) is 12.1 Å². The second-order valence-electron chi connectivity index (χ2n) is 4.00. The maximum absolute atomic E-state index is 13.1. The van der Waals surface area contributed by atoms with Gasteiger partial charge in [0.1, 0.15) is 10.0 Å². The van der Waals surface area contributed by atoms with E-state index in [0.717, 1.165) is 17.4 Å². The Morgan fingerprint density at radius 3 is 2.38 bits per heavy atom. The Morgan fingerprint density at radius 2 is 1.86 bits per heavy atom. The van der Waals surface area contributed by atoms with Crippen LogP contribution in [0.25, 0.3) is 0 Å². The summed E-state index contributed by atoms with van der Waals surface area (Å²) in [4.78, 5) is 0. The molecule has 1 aromatic carbocycles. The molecule has 2 rings (SSSR count). The SMILES string of the molecule is Nc1csc(S(=O)(=O)Nc2ccc(F)c(C(F)(F)F)c2)c1. The van der Waals surface area contributed by atoms with Crippen LogP contribution in [0.2, 0.25) is 0 Å². The number of hydrogen-bond acceptors (Lipinski definition) is 4. The molecule has 0 spiro atoms. The number of rotatable bonds is 3. The number of nitrogens with two attached hydrogens (primary N) is 1. The molecule has 0 radical (unpaired) electrons. The quantitative estimate of drug-likeness (QED) is 0.842. The van der Waals surface area contributed by atoms with Gasteiger partial charge in [0, 0.05) is 16.8 Å². The number of anilines is 2. The van der Waals surface area contributed by atoms with Crippen LogP contribution in [0.5, 0.6) is 0 Å². The third-order valence-electron chi connectivity index (χ3n) is 2.38. The summed E-state index contributed by atoms with van der Waals surface area (Å²) in [5, 5.41) is 1.38. The van der Waals surface area contributed by atoms with Crippen LogP contribution in [0.3, 0.4) is 0 Å². The summed E-state index contributed by atoms with van der Waals surface area (Å²) in [6.45, 7) is 0. The molecule has 1 aromatic heterocycles. The molecule has 0 fully saturated rings. The molecular weight excluding hydrogens is 332 g/mol. The number of sulfonamides is 1. The molecular formula is C11H8F4N2O2S2. The van der Waals surface area contributed by atoms with Crippen LogP contribution in [0.1, 0.15) is 5.56 Å². The fourth-order valence-corrected chi connectivity index (χ4v) is 3.61. The molecule has 2 aromatic rings. The second-order valence-corrected chi connectivity index (χ2v) is 6.82. The first-order valence-corrected chi connectivity index (χ1v) is 7.69. The summed E-state index contributed by atoms with van der Waals surface area (Å²) in [6, 6.07) is 3.01. The lowest BCUT2D eigenvalue weighted by molar-refractivity contribution is -0.139. The average Bonchev–Trinajstić information content (AvgIpc) is 2.77. The van der Waals surface area contributed by atoms with Crippen molar-refractivity contribution in [2.45, 2.75) is 10.4 Å². The van der Waals surface area contributed by atoms with Crippen molar-refractivity contribution in [3.8, 4) is 0 Å². The van der Waals surface area contributed by atoms with Crippen LogP contribution in [0.4, 0.5) is 28.9 Å². The summed E-state index contributed by atoms with van der Waals surface area (Å²) in [7, 11) is -4.07. The maximum atomic E-state index is 13.1. The minimum atomic E-state index is -4.92. The molecule has 0 amide bonds. The highest BCUT2D eigenvalue weighted by atomic mass is 32.2. The smallest absolute Gasteiger partial charge is 0.398 e. The number of hydrogen-bond donors (Lipinski definition) is 2. The monoisotopic (exact) mass is 340 g/mol. The van der Waals surface area contributed by atoms with Crippen LogP contribution < -0.4 is 10.5 Å². The lowest BCUT2D eigenvalue weighted by Gasteiger charge is -2.11. The van der Waals surface area contributed by atoms with E-state index >= 15 is 0 Å². The Bertz CT molecular complexity index is 769. The predicted molar refractivity (Wildman–Crippen MR) is 70.9 cm³/mol. The summed E-state index contributed by atoms with van der Waals surface area (Å²) in [5.74, 6) is -1.48. The van der Waals surface area contributed by atoms with Crippen molar-refractivity contribution in [2.75, 3.05) is 10.5 Å². The van der Waals surface area contributed by atoms with Crippen molar-refractivity contribution in [2.24, 2.45) is 0 Å².